The van der Waals surface area contributed by atoms with Crippen LogP contribution in [0.2, 0.25) is 0 Å². The minimum absolute atomic E-state index is 0.245. The summed E-state index contributed by atoms with van der Waals surface area (Å²) < 4.78 is 115. The maximum absolute atomic E-state index is 13.6. The van der Waals surface area contributed by atoms with Gasteiger partial charge in [-0.15, -0.1) is 0 Å². The van der Waals surface area contributed by atoms with Crippen molar-refractivity contribution < 1.29 is 54.3 Å². The van der Waals surface area contributed by atoms with E-state index in [1.807, 2.05) is 0 Å². The third-order valence-corrected chi connectivity index (χ3v) is 3.84. The largest absolute Gasteiger partial charge is 0.491 e. The van der Waals surface area contributed by atoms with Crippen molar-refractivity contribution in [3.05, 3.63) is 57.9 Å². The summed E-state index contributed by atoms with van der Waals surface area (Å²) in [4.78, 5) is 12.0. The average Bonchev–Trinajstić information content (AvgIpc) is 3.01. The first-order valence-corrected chi connectivity index (χ1v) is 7.20. The normalized spacial score (nSPS) is 13.7. The summed E-state index contributed by atoms with van der Waals surface area (Å²) >= 11 is 0. The smallest absolute Gasteiger partial charge is 0.423 e. The van der Waals surface area contributed by atoms with Crippen LogP contribution in [0.5, 0.6) is 5.75 Å². The van der Waals surface area contributed by atoms with Gasteiger partial charge in [-0.3, -0.25) is 0 Å². The minimum atomic E-state index is -5.00. The molecule has 148 valence electrons. The number of esters is 1. The van der Waals surface area contributed by atoms with E-state index in [9.17, 15) is 44.9 Å². The molecule has 0 fully saturated rings. The van der Waals surface area contributed by atoms with Crippen molar-refractivity contribution in [1.29, 1.82) is 0 Å². The zero-order valence-electron chi connectivity index (χ0n) is 13.1. The van der Waals surface area contributed by atoms with Crippen molar-refractivity contribution in [1.82, 2.24) is 0 Å². The first-order valence-electron chi connectivity index (χ1n) is 7.20. The molecule has 0 aliphatic carbocycles. The molecule has 0 radical (unpaired) electrons. The summed E-state index contributed by atoms with van der Waals surface area (Å²) in [5, 5.41) is 9.56. The van der Waals surface area contributed by atoms with Gasteiger partial charge in [0.2, 0.25) is 34.8 Å². The SMILES string of the molecule is O=C(Oc1c(F)c(F)c(F)c(F)c1F)c1cc2c(c(C(F)(F)F)c1)COB2O. The molecular weight excluding hydrogens is 407 g/mol. The van der Waals surface area contributed by atoms with E-state index in [-0.39, 0.29) is 6.07 Å². The Morgan fingerprint density at radius 2 is 1.54 bits per heavy atom. The molecule has 1 heterocycles. The quantitative estimate of drug-likeness (QED) is 0.206. The van der Waals surface area contributed by atoms with Crippen LogP contribution in [0.15, 0.2) is 12.1 Å². The van der Waals surface area contributed by atoms with Crippen LogP contribution >= 0.6 is 0 Å². The van der Waals surface area contributed by atoms with Crippen molar-refractivity contribution in [3.63, 3.8) is 0 Å². The Kier molecular flexibility index (Phi) is 4.83. The van der Waals surface area contributed by atoms with Crippen LogP contribution in [0.4, 0.5) is 35.1 Å². The average molecular weight is 412 g/mol. The Morgan fingerprint density at radius 3 is 2.07 bits per heavy atom. The zero-order chi connectivity index (χ0) is 21.0. The third-order valence-electron chi connectivity index (χ3n) is 3.84. The highest BCUT2D eigenvalue weighted by Gasteiger charge is 2.41. The van der Waals surface area contributed by atoms with Crippen molar-refractivity contribution in [2.45, 2.75) is 12.8 Å². The number of hydrogen-bond acceptors (Lipinski definition) is 4. The molecule has 0 unspecified atom stereocenters. The van der Waals surface area contributed by atoms with Gasteiger partial charge >= 0.3 is 19.3 Å². The van der Waals surface area contributed by atoms with Crippen LogP contribution in [0.1, 0.15) is 21.5 Å². The van der Waals surface area contributed by atoms with Gasteiger partial charge in [-0.2, -0.15) is 22.0 Å². The van der Waals surface area contributed by atoms with E-state index < -0.39 is 82.9 Å². The van der Waals surface area contributed by atoms with Crippen molar-refractivity contribution in [3.8, 4) is 5.75 Å². The summed E-state index contributed by atoms with van der Waals surface area (Å²) in [5.74, 6) is -16.1. The van der Waals surface area contributed by atoms with Crippen LogP contribution in [-0.2, 0) is 17.4 Å². The van der Waals surface area contributed by atoms with E-state index in [1.165, 1.54) is 0 Å². The Balaban J connectivity index is 2.07. The summed E-state index contributed by atoms with van der Waals surface area (Å²) in [6.07, 6.45) is -5.00. The second-order valence-corrected chi connectivity index (χ2v) is 5.54. The fourth-order valence-corrected chi connectivity index (χ4v) is 2.52. The van der Waals surface area contributed by atoms with Gasteiger partial charge < -0.3 is 14.4 Å². The standard InChI is InChI=1S/C15H5BF8O4/c17-8-9(18)11(20)13(12(21)10(8)19)28-14(25)4-1-6(15(22,23)24)5-3-27-16(26)7(5)2-4/h1-2,26H,3H2. The van der Waals surface area contributed by atoms with Crippen LogP contribution in [0, 0.1) is 29.1 Å². The Morgan fingerprint density at radius 1 is 1.00 bits per heavy atom. The van der Waals surface area contributed by atoms with Gasteiger partial charge in [0.25, 0.3) is 0 Å². The number of ether oxygens (including phenoxy) is 1. The Hall–Kier alpha value is -2.67. The molecule has 2 aromatic carbocycles. The highest BCUT2D eigenvalue weighted by atomic mass is 19.4. The molecule has 1 N–H and O–H groups in total. The number of benzene rings is 2. The topological polar surface area (TPSA) is 55.8 Å². The van der Waals surface area contributed by atoms with Crippen molar-refractivity contribution in [2.24, 2.45) is 0 Å². The summed E-state index contributed by atoms with van der Waals surface area (Å²) in [7, 11) is -1.82. The van der Waals surface area contributed by atoms with E-state index in [1.54, 1.807) is 0 Å². The molecule has 13 heteroatoms. The molecule has 28 heavy (non-hydrogen) atoms. The van der Waals surface area contributed by atoms with E-state index in [4.69, 9.17) is 0 Å². The molecule has 2 aromatic rings. The number of carbonyl (C=O) groups is 1. The molecule has 3 rings (SSSR count). The Labute approximate surface area is 150 Å². The molecule has 1 aliphatic heterocycles. The lowest BCUT2D eigenvalue weighted by atomic mass is 9.77. The summed E-state index contributed by atoms with van der Waals surface area (Å²) in [6.45, 7) is -0.627. The summed E-state index contributed by atoms with van der Waals surface area (Å²) in [5.41, 5.74) is -3.29. The highest BCUT2D eigenvalue weighted by Crippen LogP contribution is 2.35. The van der Waals surface area contributed by atoms with E-state index >= 15 is 0 Å². The first kappa shape index (κ1) is 20.1. The third kappa shape index (κ3) is 3.20. The number of carbonyl (C=O) groups excluding carboxylic acids is 1. The van der Waals surface area contributed by atoms with Crippen LogP contribution < -0.4 is 10.2 Å². The summed E-state index contributed by atoms with van der Waals surface area (Å²) in [6, 6.07) is 0.936. The van der Waals surface area contributed by atoms with Crippen LogP contribution in [0.25, 0.3) is 0 Å². The van der Waals surface area contributed by atoms with Gasteiger partial charge in [0, 0.05) is 0 Å². The maximum Gasteiger partial charge on any atom is 0.491 e. The van der Waals surface area contributed by atoms with Gasteiger partial charge in [-0.1, -0.05) is 0 Å². The van der Waals surface area contributed by atoms with E-state index in [0.29, 0.717) is 6.07 Å². The van der Waals surface area contributed by atoms with Gasteiger partial charge in [-0.05, 0) is 23.2 Å². The van der Waals surface area contributed by atoms with Gasteiger partial charge in [-0.25, -0.2) is 18.0 Å². The van der Waals surface area contributed by atoms with Crippen LogP contribution in [0.3, 0.4) is 0 Å². The lowest BCUT2D eigenvalue weighted by molar-refractivity contribution is -0.138. The van der Waals surface area contributed by atoms with Gasteiger partial charge in [0.1, 0.15) is 0 Å². The highest BCUT2D eigenvalue weighted by molar-refractivity contribution is 6.61. The van der Waals surface area contributed by atoms with E-state index in [2.05, 4.69) is 9.39 Å². The lowest BCUT2D eigenvalue weighted by Crippen LogP contribution is -2.31. The molecule has 0 spiro atoms. The fraction of sp³-hybridized carbons (Fsp3) is 0.133. The first-order chi connectivity index (χ1) is 12.9. The predicted molar refractivity (Wildman–Crippen MR) is 75.0 cm³/mol. The number of fused-ring (bicyclic) bond motifs is 1. The number of hydrogen-bond donors (Lipinski definition) is 1. The molecule has 0 amide bonds. The maximum atomic E-state index is 13.6. The van der Waals surface area contributed by atoms with E-state index in [0.717, 1.165) is 0 Å². The van der Waals surface area contributed by atoms with Crippen molar-refractivity contribution >= 4 is 18.6 Å². The molecule has 0 aromatic heterocycles. The number of halogens is 8. The zero-order valence-corrected chi connectivity index (χ0v) is 13.1. The molecule has 0 saturated heterocycles. The molecule has 4 nitrogen and oxygen atoms in total. The second kappa shape index (κ2) is 6.74. The second-order valence-electron chi connectivity index (χ2n) is 5.54. The van der Waals surface area contributed by atoms with Gasteiger partial charge in [0.15, 0.2) is 0 Å². The van der Waals surface area contributed by atoms with Crippen LogP contribution in [-0.4, -0.2) is 18.1 Å². The monoisotopic (exact) mass is 412 g/mol. The number of rotatable bonds is 2. The predicted octanol–water partition coefficient (Wildman–Crippen LogP) is 2.84. The molecule has 0 atom stereocenters. The number of alkyl halides is 3. The van der Waals surface area contributed by atoms with Crippen molar-refractivity contribution in [2.75, 3.05) is 0 Å². The lowest BCUT2D eigenvalue weighted by Gasteiger charge is -2.14. The molecule has 1 aliphatic rings. The fourth-order valence-electron chi connectivity index (χ4n) is 2.52. The Bertz CT molecular complexity index is 962. The molecule has 0 bridgehead atoms. The molecular formula is C15H5BF8O4. The minimum Gasteiger partial charge on any atom is -0.423 e. The van der Waals surface area contributed by atoms with Gasteiger partial charge in [0.05, 0.1) is 17.7 Å². The molecule has 0 saturated carbocycles.